The highest BCUT2D eigenvalue weighted by Crippen LogP contribution is 2.10. The molecule has 1 rings (SSSR count). The molecule has 0 saturated heterocycles. The van der Waals surface area contributed by atoms with Crippen LogP contribution in [-0.4, -0.2) is 23.1 Å². The number of carboxylic acids is 1. The first kappa shape index (κ1) is 15.0. The molecule has 4 heteroatoms. The molecule has 0 heterocycles. The van der Waals surface area contributed by atoms with E-state index in [1.54, 1.807) is 19.9 Å². The van der Waals surface area contributed by atoms with Crippen molar-refractivity contribution in [3.8, 4) is 0 Å². The second kappa shape index (κ2) is 7.36. The van der Waals surface area contributed by atoms with Gasteiger partial charge >= 0.3 is 11.9 Å². The number of rotatable bonds is 6. The third kappa shape index (κ3) is 5.86. The van der Waals surface area contributed by atoms with E-state index in [-0.39, 0.29) is 18.1 Å². The van der Waals surface area contributed by atoms with E-state index in [1.165, 1.54) is 0 Å². The molecule has 0 spiro atoms. The highest BCUT2D eigenvalue weighted by Gasteiger charge is 2.15. The zero-order chi connectivity index (χ0) is 14.3. The molecule has 0 aliphatic carbocycles. The lowest BCUT2D eigenvalue weighted by atomic mass is 10.1. The molecule has 0 amide bonds. The molecule has 0 unspecified atom stereocenters. The molecule has 4 nitrogen and oxygen atoms in total. The van der Waals surface area contributed by atoms with Crippen molar-refractivity contribution in [1.82, 2.24) is 0 Å². The van der Waals surface area contributed by atoms with Crippen LogP contribution in [0.4, 0.5) is 0 Å². The molecular formula is C15H18O4. The molecule has 0 aliphatic rings. The van der Waals surface area contributed by atoms with E-state index in [9.17, 15) is 9.59 Å². The number of carboxylic acid groups (broad SMARTS) is 1. The van der Waals surface area contributed by atoms with Crippen LogP contribution in [0.1, 0.15) is 25.8 Å². The second-order valence-corrected chi connectivity index (χ2v) is 4.44. The van der Waals surface area contributed by atoms with E-state index >= 15 is 0 Å². The minimum Gasteiger partial charge on any atom is -0.481 e. The average molecular weight is 262 g/mol. The Labute approximate surface area is 112 Å². The van der Waals surface area contributed by atoms with Crippen molar-refractivity contribution in [2.75, 3.05) is 0 Å². The van der Waals surface area contributed by atoms with Crippen LogP contribution >= 0.6 is 0 Å². The van der Waals surface area contributed by atoms with E-state index in [4.69, 9.17) is 9.84 Å². The van der Waals surface area contributed by atoms with Crippen LogP contribution in [0.3, 0.4) is 0 Å². The molecule has 1 N–H and O–H groups in total. The van der Waals surface area contributed by atoms with E-state index < -0.39 is 11.9 Å². The summed E-state index contributed by atoms with van der Waals surface area (Å²) < 4.78 is 5.03. The molecule has 0 aromatic heterocycles. The van der Waals surface area contributed by atoms with Crippen molar-refractivity contribution < 1.29 is 19.4 Å². The van der Waals surface area contributed by atoms with Crippen molar-refractivity contribution >= 4 is 11.9 Å². The lowest BCUT2D eigenvalue weighted by Gasteiger charge is -2.09. The number of aliphatic carboxylic acids is 1. The molecule has 1 aromatic carbocycles. The van der Waals surface area contributed by atoms with Crippen molar-refractivity contribution in [2.24, 2.45) is 0 Å². The number of carbonyl (C=O) groups excluding carboxylic acids is 1. The van der Waals surface area contributed by atoms with Crippen LogP contribution in [0.5, 0.6) is 0 Å². The summed E-state index contributed by atoms with van der Waals surface area (Å²) in [5.74, 6) is -1.60. The standard InChI is InChI=1S/C15H18O4/c1-11(2)19-15(18)13(10-14(16)17)9-8-12-6-4-3-5-7-12/h3-7,9,11H,8,10H2,1-2H3,(H,16,17). The summed E-state index contributed by atoms with van der Waals surface area (Å²) in [5, 5.41) is 8.82. The predicted octanol–water partition coefficient (Wildman–Crippen LogP) is 2.58. The number of hydrogen-bond donors (Lipinski definition) is 1. The van der Waals surface area contributed by atoms with Gasteiger partial charge in [-0.1, -0.05) is 36.4 Å². The normalized spacial score (nSPS) is 11.4. The maximum absolute atomic E-state index is 11.8. The molecular weight excluding hydrogens is 244 g/mol. The first-order valence-corrected chi connectivity index (χ1v) is 6.14. The van der Waals surface area contributed by atoms with Gasteiger partial charge in [-0.3, -0.25) is 4.79 Å². The summed E-state index contributed by atoms with van der Waals surface area (Å²) in [5.41, 5.74) is 1.20. The number of allylic oxidation sites excluding steroid dienone is 1. The zero-order valence-electron chi connectivity index (χ0n) is 11.1. The van der Waals surface area contributed by atoms with Crippen molar-refractivity contribution in [2.45, 2.75) is 32.8 Å². The number of ether oxygens (including phenoxy) is 1. The molecule has 0 bridgehead atoms. The smallest absolute Gasteiger partial charge is 0.334 e. The molecule has 0 atom stereocenters. The Bertz CT molecular complexity index is 460. The van der Waals surface area contributed by atoms with Gasteiger partial charge in [0, 0.05) is 5.57 Å². The fraction of sp³-hybridized carbons (Fsp3) is 0.333. The van der Waals surface area contributed by atoms with E-state index in [2.05, 4.69) is 0 Å². The van der Waals surface area contributed by atoms with E-state index in [0.29, 0.717) is 6.42 Å². The SMILES string of the molecule is CC(C)OC(=O)C(=CCc1ccccc1)CC(=O)O. The maximum atomic E-state index is 11.8. The van der Waals surface area contributed by atoms with Gasteiger partial charge < -0.3 is 9.84 Å². The highest BCUT2D eigenvalue weighted by atomic mass is 16.5. The lowest BCUT2D eigenvalue weighted by Crippen LogP contribution is -2.16. The number of esters is 1. The maximum Gasteiger partial charge on any atom is 0.334 e. The van der Waals surface area contributed by atoms with Gasteiger partial charge in [-0.2, -0.15) is 0 Å². The summed E-state index contributed by atoms with van der Waals surface area (Å²) >= 11 is 0. The molecule has 19 heavy (non-hydrogen) atoms. The van der Waals surface area contributed by atoms with Crippen LogP contribution in [-0.2, 0) is 20.7 Å². The van der Waals surface area contributed by atoms with Gasteiger partial charge in [0.25, 0.3) is 0 Å². The number of benzene rings is 1. The van der Waals surface area contributed by atoms with Crippen LogP contribution in [0.15, 0.2) is 42.0 Å². The second-order valence-electron chi connectivity index (χ2n) is 4.44. The van der Waals surface area contributed by atoms with Gasteiger partial charge in [0.2, 0.25) is 0 Å². The van der Waals surface area contributed by atoms with Crippen molar-refractivity contribution in [3.05, 3.63) is 47.5 Å². The Kier molecular flexibility index (Phi) is 5.79. The fourth-order valence-corrected chi connectivity index (χ4v) is 1.54. The van der Waals surface area contributed by atoms with E-state index in [0.717, 1.165) is 5.56 Å². The van der Waals surface area contributed by atoms with Gasteiger partial charge in [0.05, 0.1) is 12.5 Å². The molecule has 0 radical (unpaired) electrons. The lowest BCUT2D eigenvalue weighted by molar-refractivity contribution is -0.145. The van der Waals surface area contributed by atoms with Gasteiger partial charge in [-0.05, 0) is 25.8 Å². The van der Waals surface area contributed by atoms with Crippen molar-refractivity contribution in [3.63, 3.8) is 0 Å². The zero-order valence-corrected chi connectivity index (χ0v) is 11.1. The predicted molar refractivity (Wildman–Crippen MR) is 71.7 cm³/mol. The Morgan fingerprint density at radius 3 is 2.42 bits per heavy atom. The Balaban J connectivity index is 2.78. The van der Waals surface area contributed by atoms with Crippen LogP contribution < -0.4 is 0 Å². The van der Waals surface area contributed by atoms with Crippen LogP contribution in [0, 0.1) is 0 Å². The monoisotopic (exact) mass is 262 g/mol. The Hall–Kier alpha value is -2.10. The number of hydrogen-bond acceptors (Lipinski definition) is 3. The molecule has 0 aliphatic heterocycles. The first-order chi connectivity index (χ1) is 8.99. The average Bonchev–Trinajstić information content (AvgIpc) is 2.34. The van der Waals surface area contributed by atoms with E-state index in [1.807, 2.05) is 30.3 Å². The molecule has 0 fully saturated rings. The van der Waals surface area contributed by atoms with Crippen molar-refractivity contribution in [1.29, 1.82) is 0 Å². The summed E-state index contributed by atoms with van der Waals surface area (Å²) in [4.78, 5) is 22.5. The third-order valence-corrected chi connectivity index (χ3v) is 2.37. The molecule has 0 saturated carbocycles. The van der Waals surface area contributed by atoms with Gasteiger partial charge in [0.1, 0.15) is 0 Å². The van der Waals surface area contributed by atoms with Gasteiger partial charge in [-0.15, -0.1) is 0 Å². The molecule has 102 valence electrons. The third-order valence-electron chi connectivity index (χ3n) is 2.37. The summed E-state index contributed by atoms with van der Waals surface area (Å²) in [7, 11) is 0. The summed E-state index contributed by atoms with van der Waals surface area (Å²) in [6, 6.07) is 9.53. The summed E-state index contributed by atoms with van der Waals surface area (Å²) in [6.45, 7) is 3.46. The topological polar surface area (TPSA) is 63.6 Å². The minimum absolute atomic E-state index is 0.185. The summed E-state index contributed by atoms with van der Waals surface area (Å²) in [6.07, 6.45) is 1.55. The fourth-order valence-electron chi connectivity index (χ4n) is 1.54. The van der Waals surface area contributed by atoms with Gasteiger partial charge in [-0.25, -0.2) is 4.79 Å². The largest absolute Gasteiger partial charge is 0.481 e. The van der Waals surface area contributed by atoms with Crippen LogP contribution in [0.25, 0.3) is 0 Å². The Morgan fingerprint density at radius 2 is 1.89 bits per heavy atom. The number of carbonyl (C=O) groups is 2. The van der Waals surface area contributed by atoms with Gasteiger partial charge in [0.15, 0.2) is 0 Å². The molecule has 1 aromatic rings. The quantitative estimate of drug-likeness (QED) is 0.632. The first-order valence-electron chi connectivity index (χ1n) is 6.14. The Morgan fingerprint density at radius 1 is 1.26 bits per heavy atom. The van der Waals surface area contributed by atoms with Crippen LogP contribution in [0.2, 0.25) is 0 Å². The highest BCUT2D eigenvalue weighted by molar-refractivity contribution is 5.93. The minimum atomic E-state index is -1.04.